The van der Waals surface area contributed by atoms with E-state index in [-0.39, 0.29) is 18.6 Å². The Bertz CT molecular complexity index is 1420. The van der Waals surface area contributed by atoms with Crippen LogP contribution in [-0.4, -0.2) is 38.8 Å². The maximum absolute atomic E-state index is 14.5. The lowest BCUT2D eigenvalue weighted by Gasteiger charge is -2.32. The second kappa shape index (κ2) is 11.3. The molecular weight excluding hydrogens is 516 g/mol. The van der Waals surface area contributed by atoms with Gasteiger partial charge in [0.25, 0.3) is 0 Å². The van der Waals surface area contributed by atoms with Crippen molar-refractivity contribution in [3.05, 3.63) is 71.4 Å². The Labute approximate surface area is 223 Å². The van der Waals surface area contributed by atoms with Gasteiger partial charge in [-0.2, -0.15) is 0 Å². The van der Waals surface area contributed by atoms with Crippen LogP contribution in [0.15, 0.2) is 54.7 Å². The van der Waals surface area contributed by atoms with Gasteiger partial charge < -0.3 is 19.1 Å². The molecule has 0 saturated heterocycles. The summed E-state index contributed by atoms with van der Waals surface area (Å²) in [5.74, 6) is -1.53. The molecule has 1 aliphatic rings. The number of halogens is 3. The van der Waals surface area contributed by atoms with Crippen LogP contribution in [-0.2, 0) is 4.79 Å². The molecule has 0 spiro atoms. The maximum Gasteiger partial charge on any atom is 0.341 e. The number of carboxylic acids is 1. The highest BCUT2D eigenvalue weighted by molar-refractivity contribution is 6.30. The Kier molecular flexibility index (Phi) is 7.74. The van der Waals surface area contributed by atoms with E-state index < -0.39 is 24.2 Å². The van der Waals surface area contributed by atoms with Crippen LogP contribution in [0.5, 0.6) is 11.6 Å². The minimum atomic E-state index is -1.08. The molecule has 2 aromatic heterocycles. The second-order valence-corrected chi connectivity index (χ2v) is 9.79. The second-order valence-electron chi connectivity index (χ2n) is 9.36. The highest BCUT2D eigenvalue weighted by Crippen LogP contribution is 2.39. The molecule has 1 fully saturated rings. The lowest BCUT2D eigenvalue weighted by molar-refractivity contribution is -0.139. The number of pyridine rings is 1. The SMILES string of the molecule is O=C(O)COc1ccc(OCC(C2CCCCC2)n2c(-c3ccc(Cl)cc3)nc3cc(F)c(F)cc32)nc1. The molecule has 0 bridgehead atoms. The van der Waals surface area contributed by atoms with Gasteiger partial charge in [0.1, 0.15) is 18.2 Å². The monoisotopic (exact) mass is 541 g/mol. The van der Waals surface area contributed by atoms with E-state index in [1.54, 1.807) is 24.3 Å². The Morgan fingerprint density at radius 2 is 1.79 bits per heavy atom. The fourth-order valence-corrected chi connectivity index (χ4v) is 5.15. The van der Waals surface area contributed by atoms with Crippen LogP contribution in [0.3, 0.4) is 0 Å². The highest BCUT2D eigenvalue weighted by atomic mass is 35.5. The molecule has 38 heavy (non-hydrogen) atoms. The smallest absolute Gasteiger partial charge is 0.341 e. The minimum absolute atomic E-state index is 0.220. The molecule has 1 N–H and O–H groups in total. The molecule has 10 heteroatoms. The van der Waals surface area contributed by atoms with Crippen LogP contribution in [0, 0.1) is 17.6 Å². The summed E-state index contributed by atoms with van der Waals surface area (Å²) in [5, 5.41) is 9.36. The summed E-state index contributed by atoms with van der Waals surface area (Å²) in [6.07, 6.45) is 6.62. The number of imidazole rings is 1. The Hall–Kier alpha value is -3.72. The topological polar surface area (TPSA) is 86.5 Å². The first-order chi connectivity index (χ1) is 18.4. The number of rotatable bonds is 9. The van der Waals surface area contributed by atoms with Crippen LogP contribution >= 0.6 is 11.6 Å². The van der Waals surface area contributed by atoms with Gasteiger partial charge in [-0.25, -0.2) is 23.5 Å². The molecule has 2 aromatic carbocycles. The van der Waals surface area contributed by atoms with Crippen LogP contribution < -0.4 is 9.47 Å². The third-order valence-electron chi connectivity index (χ3n) is 6.83. The molecule has 1 atom stereocenters. The zero-order chi connectivity index (χ0) is 26.6. The average Bonchev–Trinajstić information content (AvgIpc) is 3.27. The highest BCUT2D eigenvalue weighted by Gasteiger charge is 2.30. The van der Waals surface area contributed by atoms with Gasteiger partial charge in [-0.3, -0.25) is 0 Å². The number of carbonyl (C=O) groups is 1. The first-order valence-corrected chi connectivity index (χ1v) is 12.8. The van der Waals surface area contributed by atoms with E-state index in [0.29, 0.717) is 33.5 Å². The Morgan fingerprint density at radius 1 is 1.05 bits per heavy atom. The normalized spacial score (nSPS) is 14.9. The van der Waals surface area contributed by atoms with Gasteiger partial charge in [0.15, 0.2) is 18.2 Å². The third-order valence-corrected chi connectivity index (χ3v) is 7.09. The number of hydrogen-bond donors (Lipinski definition) is 1. The molecule has 5 rings (SSSR count). The van der Waals surface area contributed by atoms with E-state index in [9.17, 15) is 13.6 Å². The van der Waals surface area contributed by atoms with Gasteiger partial charge >= 0.3 is 5.97 Å². The molecule has 1 unspecified atom stereocenters. The molecule has 0 amide bonds. The predicted molar refractivity (Wildman–Crippen MR) is 139 cm³/mol. The number of benzene rings is 2. The summed E-state index contributed by atoms with van der Waals surface area (Å²) < 4.78 is 41.9. The van der Waals surface area contributed by atoms with Crippen molar-refractivity contribution in [2.75, 3.05) is 13.2 Å². The van der Waals surface area contributed by atoms with E-state index in [4.69, 9.17) is 31.2 Å². The van der Waals surface area contributed by atoms with E-state index in [0.717, 1.165) is 43.7 Å². The standard InChI is InChI=1S/C28H26ClF2N3O4/c29-19-8-6-18(7-9-19)28-33-23-12-21(30)22(31)13-24(23)34(28)25(17-4-2-1-3-5-17)15-38-26-11-10-20(14-32-26)37-16-27(35)36/h6-14,17,25H,1-5,15-16H2,(H,35,36). The summed E-state index contributed by atoms with van der Waals surface area (Å²) >= 11 is 6.12. The van der Waals surface area contributed by atoms with E-state index in [2.05, 4.69) is 4.98 Å². The number of carboxylic acid groups (broad SMARTS) is 1. The van der Waals surface area contributed by atoms with Crippen molar-refractivity contribution < 1.29 is 28.2 Å². The molecule has 1 saturated carbocycles. The zero-order valence-corrected chi connectivity index (χ0v) is 21.2. The first-order valence-electron chi connectivity index (χ1n) is 12.5. The minimum Gasteiger partial charge on any atom is -0.480 e. The number of hydrogen-bond acceptors (Lipinski definition) is 5. The Balaban J connectivity index is 1.53. The number of nitrogens with zero attached hydrogens (tertiary/aromatic N) is 3. The number of aliphatic carboxylic acids is 1. The summed E-state index contributed by atoms with van der Waals surface area (Å²) in [6, 6.07) is 12.5. The average molecular weight is 542 g/mol. The molecule has 4 aromatic rings. The van der Waals surface area contributed by atoms with Crippen molar-refractivity contribution in [3.63, 3.8) is 0 Å². The van der Waals surface area contributed by atoms with Gasteiger partial charge in [0.2, 0.25) is 5.88 Å². The van der Waals surface area contributed by atoms with Gasteiger partial charge in [0, 0.05) is 28.8 Å². The van der Waals surface area contributed by atoms with Crippen LogP contribution in [0.4, 0.5) is 8.78 Å². The van der Waals surface area contributed by atoms with Crippen molar-refractivity contribution in [1.82, 2.24) is 14.5 Å². The van der Waals surface area contributed by atoms with Crippen LogP contribution in [0.25, 0.3) is 22.4 Å². The van der Waals surface area contributed by atoms with E-state index in [1.807, 2.05) is 16.7 Å². The summed E-state index contributed by atoms with van der Waals surface area (Å²) in [4.78, 5) is 19.7. The predicted octanol–water partition coefficient (Wildman–Crippen LogP) is 6.69. The molecule has 2 heterocycles. The van der Waals surface area contributed by atoms with Gasteiger partial charge in [-0.15, -0.1) is 0 Å². The molecule has 198 valence electrons. The third kappa shape index (κ3) is 5.72. The van der Waals surface area contributed by atoms with Crippen molar-refractivity contribution in [2.45, 2.75) is 38.1 Å². The maximum atomic E-state index is 14.5. The van der Waals surface area contributed by atoms with Gasteiger partial charge in [-0.05, 0) is 49.1 Å². The molecule has 7 nitrogen and oxygen atoms in total. The quantitative estimate of drug-likeness (QED) is 0.254. The summed E-state index contributed by atoms with van der Waals surface area (Å²) in [5.41, 5.74) is 1.61. The van der Waals surface area contributed by atoms with Crippen molar-refractivity contribution in [2.24, 2.45) is 5.92 Å². The van der Waals surface area contributed by atoms with E-state index >= 15 is 0 Å². The molecule has 0 radical (unpaired) electrons. The van der Waals surface area contributed by atoms with E-state index in [1.165, 1.54) is 12.3 Å². The van der Waals surface area contributed by atoms with Crippen molar-refractivity contribution >= 4 is 28.6 Å². The first kappa shape index (κ1) is 25.9. The van der Waals surface area contributed by atoms with Crippen molar-refractivity contribution in [1.29, 1.82) is 0 Å². The lowest BCUT2D eigenvalue weighted by Crippen LogP contribution is -2.28. The molecule has 1 aliphatic carbocycles. The summed E-state index contributed by atoms with van der Waals surface area (Å²) in [6.45, 7) is -0.248. The molecular formula is C28H26ClF2N3O4. The number of ether oxygens (including phenoxy) is 2. The fraction of sp³-hybridized carbons (Fsp3) is 0.321. The zero-order valence-electron chi connectivity index (χ0n) is 20.4. The fourth-order valence-electron chi connectivity index (χ4n) is 5.02. The largest absolute Gasteiger partial charge is 0.480 e. The Morgan fingerprint density at radius 3 is 2.47 bits per heavy atom. The van der Waals surface area contributed by atoms with Crippen molar-refractivity contribution in [3.8, 4) is 23.0 Å². The van der Waals surface area contributed by atoms with Gasteiger partial charge in [-0.1, -0.05) is 30.9 Å². The van der Waals surface area contributed by atoms with Crippen LogP contribution in [0.2, 0.25) is 5.02 Å². The van der Waals surface area contributed by atoms with Gasteiger partial charge in [0.05, 0.1) is 23.3 Å². The number of fused-ring (bicyclic) bond motifs is 1. The molecule has 0 aliphatic heterocycles. The summed E-state index contributed by atoms with van der Waals surface area (Å²) in [7, 11) is 0. The lowest BCUT2D eigenvalue weighted by atomic mass is 9.83. The number of aromatic nitrogens is 3. The van der Waals surface area contributed by atoms with Crippen LogP contribution in [0.1, 0.15) is 38.1 Å².